The van der Waals surface area contributed by atoms with Crippen LogP contribution in [-0.2, 0) is 6.42 Å². The van der Waals surface area contributed by atoms with E-state index in [-0.39, 0.29) is 0 Å². The Balaban J connectivity index is 1.97. The van der Waals surface area contributed by atoms with Crippen LogP contribution in [-0.4, -0.2) is 0 Å². The largest absolute Gasteiger partial charge is 0.0651 e. The van der Waals surface area contributed by atoms with Gasteiger partial charge in [0.05, 0.1) is 0 Å². The number of rotatable bonds is 3. The first-order chi connectivity index (χ1) is 8.28. The first-order valence-electron chi connectivity index (χ1n) is 6.80. The third kappa shape index (κ3) is 2.09. The standard InChI is InChI=1S/C17H20/c1-3-4-13-5-6-15-11-16(17-9-12(17)2)8-7-14(15)10-13/h5-8,10-12,17H,3-4,9H2,1-2H3/t12-,17?/m1/s1. The molecule has 88 valence electrons. The summed E-state index contributed by atoms with van der Waals surface area (Å²) in [4.78, 5) is 0. The molecule has 0 saturated heterocycles. The number of fused-ring (bicyclic) bond motifs is 1. The zero-order chi connectivity index (χ0) is 11.8. The molecule has 1 unspecified atom stereocenters. The molecule has 2 atom stereocenters. The van der Waals surface area contributed by atoms with Crippen LogP contribution in [0.25, 0.3) is 10.8 Å². The van der Waals surface area contributed by atoms with Crippen LogP contribution in [0.1, 0.15) is 43.7 Å². The van der Waals surface area contributed by atoms with Gasteiger partial charge < -0.3 is 0 Å². The molecule has 1 saturated carbocycles. The maximum absolute atomic E-state index is 2.39. The number of aryl methyl sites for hydroxylation is 1. The van der Waals surface area contributed by atoms with E-state index in [0.29, 0.717) is 0 Å². The summed E-state index contributed by atoms with van der Waals surface area (Å²) in [5.41, 5.74) is 3.00. The molecule has 0 radical (unpaired) electrons. The van der Waals surface area contributed by atoms with E-state index in [4.69, 9.17) is 0 Å². The van der Waals surface area contributed by atoms with E-state index < -0.39 is 0 Å². The van der Waals surface area contributed by atoms with Gasteiger partial charge in [-0.05, 0) is 46.6 Å². The zero-order valence-electron chi connectivity index (χ0n) is 10.7. The van der Waals surface area contributed by atoms with Gasteiger partial charge in [0.25, 0.3) is 0 Å². The molecule has 0 aromatic heterocycles. The van der Waals surface area contributed by atoms with E-state index in [2.05, 4.69) is 50.2 Å². The van der Waals surface area contributed by atoms with Crippen molar-refractivity contribution in [2.45, 2.75) is 39.0 Å². The van der Waals surface area contributed by atoms with Gasteiger partial charge >= 0.3 is 0 Å². The van der Waals surface area contributed by atoms with Gasteiger partial charge in [-0.3, -0.25) is 0 Å². The smallest absolute Gasteiger partial charge is 0.0133 e. The highest BCUT2D eigenvalue weighted by Gasteiger charge is 2.33. The summed E-state index contributed by atoms with van der Waals surface area (Å²) < 4.78 is 0. The Morgan fingerprint density at radius 1 is 1.06 bits per heavy atom. The maximum Gasteiger partial charge on any atom is -0.0133 e. The van der Waals surface area contributed by atoms with Crippen molar-refractivity contribution >= 4 is 10.8 Å². The molecule has 0 amide bonds. The number of hydrogen-bond donors (Lipinski definition) is 0. The fraction of sp³-hybridized carbons (Fsp3) is 0.412. The summed E-state index contributed by atoms with van der Waals surface area (Å²) in [5.74, 6) is 1.72. The lowest BCUT2D eigenvalue weighted by atomic mass is 10.0. The summed E-state index contributed by atoms with van der Waals surface area (Å²) in [7, 11) is 0. The second-order valence-corrected chi connectivity index (χ2v) is 5.51. The van der Waals surface area contributed by atoms with Gasteiger partial charge in [0.2, 0.25) is 0 Å². The molecule has 3 rings (SSSR count). The molecule has 0 N–H and O–H groups in total. The number of hydrogen-bond acceptors (Lipinski definition) is 0. The first-order valence-corrected chi connectivity index (χ1v) is 6.80. The van der Waals surface area contributed by atoms with Crippen LogP contribution in [0.15, 0.2) is 36.4 Å². The Labute approximate surface area is 104 Å². The average molecular weight is 224 g/mol. The molecule has 17 heavy (non-hydrogen) atoms. The minimum Gasteiger partial charge on any atom is -0.0651 e. The van der Waals surface area contributed by atoms with Crippen molar-refractivity contribution < 1.29 is 0 Å². The Morgan fingerprint density at radius 2 is 1.76 bits per heavy atom. The summed E-state index contributed by atoms with van der Waals surface area (Å²) in [5, 5.41) is 2.80. The highest BCUT2D eigenvalue weighted by atomic mass is 14.4. The normalized spacial score (nSPS) is 22.9. The second kappa shape index (κ2) is 4.18. The lowest BCUT2D eigenvalue weighted by Crippen LogP contribution is -1.85. The van der Waals surface area contributed by atoms with E-state index >= 15 is 0 Å². The Bertz CT molecular complexity index is 539. The van der Waals surface area contributed by atoms with E-state index in [0.717, 1.165) is 11.8 Å². The zero-order valence-corrected chi connectivity index (χ0v) is 10.7. The summed E-state index contributed by atoms with van der Waals surface area (Å²) in [6, 6.07) is 13.9. The van der Waals surface area contributed by atoms with Gasteiger partial charge in [0.1, 0.15) is 0 Å². The Morgan fingerprint density at radius 3 is 2.47 bits per heavy atom. The fourth-order valence-electron chi connectivity index (χ4n) is 2.78. The van der Waals surface area contributed by atoms with Crippen LogP contribution in [0.2, 0.25) is 0 Å². The van der Waals surface area contributed by atoms with Crippen LogP contribution < -0.4 is 0 Å². The molecule has 0 bridgehead atoms. The summed E-state index contributed by atoms with van der Waals surface area (Å²) in [6.45, 7) is 4.58. The highest BCUT2D eigenvalue weighted by molar-refractivity contribution is 5.84. The van der Waals surface area contributed by atoms with Crippen molar-refractivity contribution in [2.75, 3.05) is 0 Å². The predicted molar refractivity (Wildman–Crippen MR) is 74.5 cm³/mol. The van der Waals surface area contributed by atoms with E-state index in [1.807, 2.05) is 0 Å². The van der Waals surface area contributed by atoms with Crippen LogP contribution in [0.4, 0.5) is 0 Å². The summed E-state index contributed by atoms with van der Waals surface area (Å²) in [6.07, 6.45) is 3.79. The molecule has 1 fully saturated rings. The minimum atomic E-state index is 0.828. The molecular weight excluding hydrogens is 204 g/mol. The SMILES string of the molecule is CCCc1ccc2cc(C3C[C@H]3C)ccc2c1. The molecule has 0 heterocycles. The van der Waals surface area contributed by atoms with Gasteiger partial charge in [0.15, 0.2) is 0 Å². The van der Waals surface area contributed by atoms with Gasteiger partial charge in [-0.15, -0.1) is 0 Å². The van der Waals surface area contributed by atoms with Crippen LogP contribution in [0, 0.1) is 5.92 Å². The summed E-state index contributed by atoms with van der Waals surface area (Å²) >= 11 is 0. The quantitative estimate of drug-likeness (QED) is 0.694. The van der Waals surface area contributed by atoms with Gasteiger partial charge in [-0.2, -0.15) is 0 Å². The van der Waals surface area contributed by atoms with Crippen LogP contribution in [0.5, 0.6) is 0 Å². The fourth-order valence-corrected chi connectivity index (χ4v) is 2.78. The number of benzene rings is 2. The van der Waals surface area contributed by atoms with E-state index in [9.17, 15) is 0 Å². The molecule has 0 nitrogen and oxygen atoms in total. The predicted octanol–water partition coefficient (Wildman–Crippen LogP) is 4.92. The molecule has 1 aliphatic carbocycles. The molecule has 1 aliphatic rings. The minimum absolute atomic E-state index is 0.828. The van der Waals surface area contributed by atoms with Crippen molar-refractivity contribution in [1.29, 1.82) is 0 Å². The third-order valence-corrected chi connectivity index (χ3v) is 4.01. The van der Waals surface area contributed by atoms with Crippen LogP contribution >= 0.6 is 0 Å². The van der Waals surface area contributed by atoms with Crippen molar-refractivity contribution in [1.82, 2.24) is 0 Å². The van der Waals surface area contributed by atoms with Gasteiger partial charge in [-0.25, -0.2) is 0 Å². The average Bonchev–Trinajstić information content (AvgIpc) is 3.06. The molecule has 0 aliphatic heterocycles. The highest BCUT2D eigenvalue weighted by Crippen LogP contribution is 2.47. The van der Waals surface area contributed by atoms with Crippen LogP contribution in [0.3, 0.4) is 0 Å². The molecule has 2 aromatic carbocycles. The van der Waals surface area contributed by atoms with E-state index in [1.54, 1.807) is 0 Å². The Kier molecular flexibility index (Phi) is 2.66. The Hall–Kier alpha value is -1.30. The van der Waals surface area contributed by atoms with Gasteiger partial charge in [0, 0.05) is 0 Å². The van der Waals surface area contributed by atoms with Crippen molar-refractivity contribution in [3.05, 3.63) is 47.5 Å². The molecule has 2 aromatic rings. The molecule has 0 spiro atoms. The van der Waals surface area contributed by atoms with Crippen molar-refractivity contribution in [3.63, 3.8) is 0 Å². The van der Waals surface area contributed by atoms with Crippen molar-refractivity contribution in [3.8, 4) is 0 Å². The monoisotopic (exact) mass is 224 g/mol. The third-order valence-electron chi connectivity index (χ3n) is 4.01. The lowest BCUT2D eigenvalue weighted by Gasteiger charge is -2.05. The lowest BCUT2D eigenvalue weighted by molar-refractivity contribution is 0.915. The van der Waals surface area contributed by atoms with E-state index in [1.165, 1.54) is 41.2 Å². The molecule has 0 heteroatoms. The topological polar surface area (TPSA) is 0 Å². The van der Waals surface area contributed by atoms with Gasteiger partial charge in [-0.1, -0.05) is 56.7 Å². The second-order valence-electron chi connectivity index (χ2n) is 5.51. The van der Waals surface area contributed by atoms with Crippen molar-refractivity contribution in [2.24, 2.45) is 5.92 Å². The maximum atomic E-state index is 2.39. The first kappa shape index (κ1) is 10.8. The molecular formula is C17H20.